The van der Waals surface area contributed by atoms with E-state index in [0.717, 1.165) is 0 Å². The fourth-order valence-corrected chi connectivity index (χ4v) is 3.58. The molecule has 2 aromatic carbocycles. The van der Waals surface area contributed by atoms with E-state index in [1.54, 1.807) is 74.5 Å². The molecule has 2 atom stereocenters. The second kappa shape index (κ2) is 20.3. The Labute approximate surface area is 254 Å². The molecule has 0 radical (unpaired) electrons. The molecule has 2 aromatic rings. The number of halogens is 9. The molecule has 0 saturated carbocycles. The minimum Gasteiger partial charge on any atom is -0.481 e. The number of hydrogen-bond acceptors (Lipinski definition) is 5. The van der Waals surface area contributed by atoms with E-state index >= 15 is 0 Å². The van der Waals surface area contributed by atoms with Crippen LogP contribution in [-0.4, -0.2) is 54.8 Å². The number of benzene rings is 2. The van der Waals surface area contributed by atoms with Crippen LogP contribution in [0.2, 0.25) is 0 Å². The Kier molecular flexibility index (Phi) is 18.6. The lowest BCUT2D eigenvalue weighted by Gasteiger charge is -2.17. The topological polar surface area (TPSA) is 89.9 Å². The molecule has 6 nitrogen and oxygen atoms in total. The van der Waals surface area contributed by atoms with E-state index in [1.807, 2.05) is 0 Å². The fourth-order valence-electron chi connectivity index (χ4n) is 3.58. The van der Waals surface area contributed by atoms with Crippen LogP contribution < -0.4 is 0 Å². The lowest BCUT2D eigenvalue weighted by molar-refractivity contribution is -0.167. The summed E-state index contributed by atoms with van der Waals surface area (Å²) in [5.41, 5.74) is 1.29. The highest BCUT2D eigenvalue weighted by Crippen LogP contribution is 2.28. The maximum Gasteiger partial charge on any atom is 0.389 e. The number of hydrogen-bond donors (Lipinski definition) is 1. The molecule has 2 rings (SSSR count). The highest BCUT2D eigenvalue weighted by atomic mass is 19.4. The maximum absolute atomic E-state index is 12.4. The van der Waals surface area contributed by atoms with Crippen LogP contribution in [0.4, 0.5) is 39.5 Å². The Morgan fingerprint density at radius 2 is 1.04 bits per heavy atom. The van der Waals surface area contributed by atoms with Gasteiger partial charge >= 0.3 is 36.4 Å². The molecule has 0 saturated heterocycles. The first-order valence-electron chi connectivity index (χ1n) is 13.6. The van der Waals surface area contributed by atoms with Crippen molar-refractivity contribution in [2.24, 2.45) is 11.8 Å². The summed E-state index contributed by atoms with van der Waals surface area (Å²) in [5, 5.41) is 8.70. The number of carboxylic acid groups (broad SMARTS) is 1. The quantitative estimate of drug-likeness (QED) is 0.182. The predicted octanol–water partition coefficient (Wildman–Crippen LogP) is 8.14. The average Bonchev–Trinajstić information content (AvgIpc) is 2.91. The molecular formula is C30H35F9O6. The summed E-state index contributed by atoms with van der Waals surface area (Å²) in [6, 6.07) is 16.9. The van der Waals surface area contributed by atoms with Gasteiger partial charge in [0.25, 0.3) is 0 Å². The summed E-state index contributed by atoms with van der Waals surface area (Å²) in [5.74, 6) is -5.60. The van der Waals surface area contributed by atoms with Gasteiger partial charge in [0.05, 0.1) is 50.7 Å². The van der Waals surface area contributed by atoms with Crippen molar-refractivity contribution < 1.29 is 68.5 Å². The molecular weight excluding hydrogens is 627 g/mol. The van der Waals surface area contributed by atoms with Crippen LogP contribution in [0.1, 0.15) is 50.7 Å². The number of carboxylic acids is 1. The molecule has 1 N–H and O–H groups in total. The monoisotopic (exact) mass is 662 g/mol. The van der Waals surface area contributed by atoms with E-state index in [4.69, 9.17) is 5.11 Å². The van der Waals surface area contributed by atoms with Crippen LogP contribution in [0.25, 0.3) is 0 Å². The van der Waals surface area contributed by atoms with E-state index in [2.05, 4.69) is 9.47 Å². The van der Waals surface area contributed by atoms with Crippen LogP contribution in [0.3, 0.4) is 0 Å². The third-order valence-electron chi connectivity index (χ3n) is 5.49. The molecule has 0 fully saturated rings. The average molecular weight is 663 g/mol. The summed E-state index contributed by atoms with van der Waals surface area (Å²) in [7, 11) is 0. The van der Waals surface area contributed by atoms with Crippen LogP contribution in [0.5, 0.6) is 0 Å². The number of ether oxygens (including phenoxy) is 2. The molecule has 0 aliphatic heterocycles. The summed E-state index contributed by atoms with van der Waals surface area (Å²) in [4.78, 5) is 32.6. The number of aliphatic carboxylic acids is 1. The first kappa shape index (κ1) is 41.2. The van der Waals surface area contributed by atoms with Gasteiger partial charge in [0, 0.05) is 0 Å². The summed E-state index contributed by atoms with van der Waals surface area (Å²) in [6.45, 7) is 3.33. The smallest absolute Gasteiger partial charge is 0.389 e. The molecule has 0 aliphatic rings. The lowest BCUT2D eigenvalue weighted by atomic mass is 9.96. The van der Waals surface area contributed by atoms with E-state index < -0.39 is 74.0 Å². The zero-order chi connectivity index (χ0) is 34.7. The Hall–Kier alpha value is -3.78. The highest BCUT2D eigenvalue weighted by molar-refractivity contribution is 5.73. The van der Waals surface area contributed by atoms with Crippen LogP contribution in [0, 0.1) is 11.8 Å². The Balaban J connectivity index is 0.000000666. The van der Waals surface area contributed by atoms with Gasteiger partial charge in [0.1, 0.15) is 0 Å². The van der Waals surface area contributed by atoms with Crippen molar-refractivity contribution in [2.45, 2.75) is 70.9 Å². The zero-order valence-electron chi connectivity index (χ0n) is 24.5. The van der Waals surface area contributed by atoms with Crippen LogP contribution in [-0.2, 0) is 36.7 Å². The summed E-state index contributed by atoms with van der Waals surface area (Å²) < 4.78 is 117. The number of rotatable bonds is 12. The highest BCUT2D eigenvalue weighted by Gasteiger charge is 2.36. The van der Waals surface area contributed by atoms with Crippen molar-refractivity contribution in [3.63, 3.8) is 0 Å². The molecule has 254 valence electrons. The third kappa shape index (κ3) is 23.3. The lowest BCUT2D eigenvalue weighted by Crippen LogP contribution is -2.26. The number of carbonyl (C=O) groups excluding carboxylic acids is 2. The summed E-state index contributed by atoms with van der Waals surface area (Å²) >= 11 is 0. The molecule has 0 bridgehead atoms. The predicted molar refractivity (Wildman–Crippen MR) is 145 cm³/mol. The van der Waals surface area contributed by atoms with Crippen molar-refractivity contribution >= 4 is 17.9 Å². The van der Waals surface area contributed by atoms with Gasteiger partial charge in [-0.1, -0.05) is 60.7 Å². The second-order valence-corrected chi connectivity index (χ2v) is 9.42. The van der Waals surface area contributed by atoms with Crippen molar-refractivity contribution in [1.82, 2.24) is 0 Å². The molecule has 0 aliphatic carbocycles. The van der Waals surface area contributed by atoms with Gasteiger partial charge in [-0.2, -0.15) is 39.5 Å². The van der Waals surface area contributed by atoms with Gasteiger partial charge in [-0.05, 0) is 37.8 Å². The second-order valence-electron chi connectivity index (χ2n) is 9.42. The van der Waals surface area contributed by atoms with Crippen molar-refractivity contribution in [2.75, 3.05) is 13.2 Å². The fraction of sp³-hybridized carbons (Fsp3) is 0.500. The van der Waals surface area contributed by atoms with Crippen molar-refractivity contribution in [3.8, 4) is 0 Å². The van der Waals surface area contributed by atoms with Gasteiger partial charge in [-0.3, -0.25) is 14.4 Å². The van der Waals surface area contributed by atoms with Gasteiger partial charge in [0.15, 0.2) is 0 Å². The van der Waals surface area contributed by atoms with E-state index in [9.17, 15) is 53.9 Å². The largest absolute Gasteiger partial charge is 0.481 e. The van der Waals surface area contributed by atoms with E-state index in [1.165, 1.54) is 0 Å². The van der Waals surface area contributed by atoms with Crippen molar-refractivity contribution in [3.05, 3.63) is 71.8 Å². The molecule has 2 unspecified atom stereocenters. The number of esters is 2. The van der Waals surface area contributed by atoms with Crippen molar-refractivity contribution in [1.29, 1.82) is 0 Å². The van der Waals surface area contributed by atoms with Crippen LogP contribution in [0.15, 0.2) is 60.7 Å². The summed E-state index contributed by atoms with van der Waals surface area (Å²) in [6.07, 6.45) is -17.3. The van der Waals surface area contributed by atoms with Crippen LogP contribution >= 0.6 is 0 Å². The zero-order valence-corrected chi connectivity index (χ0v) is 24.5. The molecule has 45 heavy (non-hydrogen) atoms. The minimum atomic E-state index is -4.45. The van der Waals surface area contributed by atoms with E-state index in [-0.39, 0.29) is 26.1 Å². The molecule has 0 aromatic heterocycles. The Bertz CT molecular complexity index is 1120. The third-order valence-corrected chi connectivity index (χ3v) is 5.49. The molecule has 0 amide bonds. The Morgan fingerprint density at radius 1 is 0.644 bits per heavy atom. The maximum atomic E-state index is 12.4. The first-order valence-corrected chi connectivity index (χ1v) is 13.6. The molecule has 0 heterocycles. The van der Waals surface area contributed by atoms with Gasteiger partial charge in [-0.25, -0.2) is 0 Å². The van der Waals surface area contributed by atoms with E-state index in [0.29, 0.717) is 11.1 Å². The Morgan fingerprint density at radius 3 is 1.40 bits per heavy atom. The molecule has 15 heteroatoms. The van der Waals surface area contributed by atoms with Gasteiger partial charge in [-0.15, -0.1) is 0 Å². The SMILES string of the molecule is CCOC(=O)C(Cc1ccccc1)CC(F)(F)F.CCOC(=O)CCC(F)(F)F.O=C(O)C(Cc1ccccc1)CC(F)(F)F. The minimum absolute atomic E-state index is 0.0409. The number of alkyl halides is 9. The standard InChI is InChI=1S/C13H15F3O2.C11H11F3O2.C6H9F3O2/c1-2-18-12(17)11(9-13(14,15)16)8-10-6-4-3-5-7-10;12-11(13,14)7-9(10(15)16)6-8-4-2-1-3-5-8;1-2-11-5(10)3-4-6(7,8)9/h3-7,11H,2,8-9H2,1H3;1-5,9H,6-7H2,(H,15,16);2-4H2,1H3. The normalized spacial score (nSPS) is 12.8. The number of carbonyl (C=O) groups is 3. The molecule has 0 spiro atoms. The first-order chi connectivity index (χ1) is 20.8. The van der Waals surface area contributed by atoms with Gasteiger partial charge < -0.3 is 14.6 Å². The van der Waals surface area contributed by atoms with Gasteiger partial charge in [0.2, 0.25) is 0 Å².